The van der Waals surface area contributed by atoms with Crippen LogP contribution in [-0.2, 0) is 6.54 Å². The quantitative estimate of drug-likeness (QED) is 0.192. The van der Waals surface area contributed by atoms with Gasteiger partial charge < -0.3 is 15.5 Å². The second-order valence-electron chi connectivity index (χ2n) is 6.78. The number of aliphatic imine (C=N–C) groups is 1. The summed E-state index contributed by atoms with van der Waals surface area (Å²) in [5, 5.41) is 17.7. The lowest BCUT2D eigenvalue weighted by Gasteiger charge is -2.32. The number of hydrogen-bond donors (Lipinski definition) is 2. The molecule has 0 spiro atoms. The summed E-state index contributed by atoms with van der Waals surface area (Å²) in [6, 6.07) is 7.04. The minimum absolute atomic E-state index is 0. The molecule has 0 saturated carbocycles. The Morgan fingerprint density at radius 2 is 1.89 bits per heavy atom. The topological polar surface area (TPSA) is 82.8 Å². The summed E-state index contributed by atoms with van der Waals surface area (Å²) < 4.78 is 0. The number of piperidine rings is 1. The molecule has 0 amide bonds. The maximum Gasteiger partial charge on any atom is 0.269 e. The number of guanidine groups is 1. The number of nitro groups is 1. The van der Waals surface area contributed by atoms with Gasteiger partial charge in [0.1, 0.15) is 0 Å². The van der Waals surface area contributed by atoms with Crippen molar-refractivity contribution in [2.24, 2.45) is 4.99 Å². The number of likely N-dealkylation sites (tertiary alicyclic amines) is 1. The Morgan fingerprint density at radius 1 is 1.22 bits per heavy atom. The van der Waals surface area contributed by atoms with Crippen LogP contribution < -0.4 is 10.6 Å². The van der Waals surface area contributed by atoms with Crippen LogP contribution in [0.25, 0.3) is 0 Å². The lowest BCUT2D eigenvalue weighted by molar-refractivity contribution is -0.384. The highest BCUT2D eigenvalue weighted by Gasteiger charge is 2.19. The minimum atomic E-state index is -0.381. The van der Waals surface area contributed by atoms with E-state index in [1.807, 2.05) is 0 Å². The summed E-state index contributed by atoms with van der Waals surface area (Å²) in [5.41, 5.74) is 1.07. The summed E-state index contributed by atoms with van der Waals surface area (Å²) >= 11 is 0. The first-order valence-corrected chi connectivity index (χ1v) is 9.63. The molecule has 2 rings (SSSR count). The zero-order valence-electron chi connectivity index (χ0n) is 16.3. The highest BCUT2D eigenvalue weighted by molar-refractivity contribution is 14.0. The van der Waals surface area contributed by atoms with Crippen molar-refractivity contribution in [3.63, 3.8) is 0 Å². The molecule has 1 fully saturated rings. The van der Waals surface area contributed by atoms with Crippen molar-refractivity contribution < 1.29 is 4.92 Å². The van der Waals surface area contributed by atoms with Crippen molar-refractivity contribution >= 4 is 35.6 Å². The standard InChI is InChI=1S/C19H31N5O2.HI/c1-3-11-20-19(22-17-9-13-23(12-4-2)14-10-17)21-15-16-5-7-18(8-6-16)24(25)26;/h5-8,17H,3-4,9-15H2,1-2H3,(H2,20,21,22);1H. The zero-order chi connectivity index (χ0) is 18.8. The van der Waals surface area contributed by atoms with Crippen molar-refractivity contribution in [2.75, 3.05) is 26.2 Å². The third kappa shape index (κ3) is 8.42. The number of nitrogens with one attached hydrogen (secondary N) is 2. The average molecular weight is 489 g/mol. The van der Waals surface area contributed by atoms with Crippen LogP contribution in [0.1, 0.15) is 45.1 Å². The van der Waals surface area contributed by atoms with E-state index in [-0.39, 0.29) is 34.6 Å². The van der Waals surface area contributed by atoms with Crippen LogP contribution in [0.5, 0.6) is 0 Å². The summed E-state index contributed by atoms with van der Waals surface area (Å²) in [5.74, 6) is 0.833. The Morgan fingerprint density at radius 3 is 2.44 bits per heavy atom. The molecular weight excluding hydrogens is 457 g/mol. The maximum absolute atomic E-state index is 10.7. The molecule has 0 aliphatic carbocycles. The van der Waals surface area contributed by atoms with E-state index in [0.29, 0.717) is 12.6 Å². The van der Waals surface area contributed by atoms with Gasteiger partial charge in [-0.2, -0.15) is 0 Å². The van der Waals surface area contributed by atoms with E-state index in [2.05, 4.69) is 34.4 Å². The molecule has 7 nitrogen and oxygen atoms in total. The lowest BCUT2D eigenvalue weighted by Crippen LogP contribution is -2.48. The number of rotatable bonds is 8. The molecule has 1 saturated heterocycles. The zero-order valence-corrected chi connectivity index (χ0v) is 18.6. The molecule has 1 aromatic carbocycles. The smallest absolute Gasteiger partial charge is 0.269 e. The number of benzene rings is 1. The summed E-state index contributed by atoms with van der Waals surface area (Å²) in [4.78, 5) is 17.5. The van der Waals surface area contributed by atoms with Crippen LogP contribution in [0.15, 0.2) is 29.3 Å². The molecule has 1 aliphatic heterocycles. The molecule has 1 heterocycles. The van der Waals surface area contributed by atoms with Crippen molar-refractivity contribution in [3.8, 4) is 0 Å². The molecule has 0 radical (unpaired) electrons. The Kier molecular flexibility index (Phi) is 11.3. The van der Waals surface area contributed by atoms with Gasteiger partial charge in [0.2, 0.25) is 0 Å². The molecule has 8 heteroatoms. The van der Waals surface area contributed by atoms with E-state index in [4.69, 9.17) is 0 Å². The molecular formula is C19H32IN5O2. The largest absolute Gasteiger partial charge is 0.356 e. The molecule has 0 bridgehead atoms. The van der Waals surface area contributed by atoms with Crippen LogP contribution in [0.3, 0.4) is 0 Å². The lowest BCUT2D eigenvalue weighted by atomic mass is 10.1. The maximum atomic E-state index is 10.7. The minimum Gasteiger partial charge on any atom is -0.356 e. The summed E-state index contributed by atoms with van der Waals surface area (Å²) in [7, 11) is 0. The molecule has 1 aromatic rings. The van der Waals surface area contributed by atoms with Crippen molar-refractivity contribution in [1.82, 2.24) is 15.5 Å². The van der Waals surface area contributed by atoms with Crippen molar-refractivity contribution in [3.05, 3.63) is 39.9 Å². The number of halogens is 1. The van der Waals surface area contributed by atoms with Gasteiger partial charge in [-0.3, -0.25) is 10.1 Å². The van der Waals surface area contributed by atoms with E-state index in [0.717, 1.165) is 50.4 Å². The van der Waals surface area contributed by atoms with E-state index in [1.54, 1.807) is 12.1 Å². The fourth-order valence-corrected chi connectivity index (χ4v) is 3.10. The van der Waals surface area contributed by atoms with Crippen molar-refractivity contribution in [1.29, 1.82) is 0 Å². The highest BCUT2D eigenvalue weighted by Crippen LogP contribution is 2.13. The van der Waals surface area contributed by atoms with Gasteiger partial charge in [-0.15, -0.1) is 24.0 Å². The van der Waals surface area contributed by atoms with Crippen LogP contribution in [0.2, 0.25) is 0 Å². The number of nitro benzene ring substituents is 1. The third-order valence-electron chi connectivity index (χ3n) is 4.58. The van der Waals surface area contributed by atoms with Crippen LogP contribution in [0, 0.1) is 10.1 Å². The van der Waals surface area contributed by atoms with Gasteiger partial charge in [-0.25, -0.2) is 4.99 Å². The normalized spacial score (nSPS) is 15.9. The van der Waals surface area contributed by atoms with Crippen LogP contribution >= 0.6 is 24.0 Å². The van der Waals surface area contributed by atoms with E-state index < -0.39 is 0 Å². The van der Waals surface area contributed by atoms with Gasteiger partial charge in [0.15, 0.2) is 5.96 Å². The molecule has 152 valence electrons. The van der Waals surface area contributed by atoms with Gasteiger partial charge in [-0.05, 0) is 37.8 Å². The first-order valence-electron chi connectivity index (χ1n) is 9.63. The van der Waals surface area contributed by atoms with Gasteiger partial charge >= 0.3 is 0 Å². The van der Waals surface area contributed by atoms with Gasteiger partial charge in [0, 0.05) is 37.8 Å². The van der Waals surface area contributed by atoms with E-state index in [1.165, 1.54) is 25.1 Å². The first-order chi connectivity index (χ1) is 12.6. The average Bonchev–Trinajstić information content (AvgIpc) is 2.66. The second-order valence-corrected chi connectivity index (χ2v) is 6.78. The van der Waals surface area contributed by atoms with Crippen LogP contribution in [-0.4, -0.2) is 48.0 Å². The van der Waals surface area contributed by atoms with Gasteiger partial charge in [0.25, 0.3) is 5.69 Å². The Bertz CT molecular complexity index is 586. The molecule has 1 aliphatic rings. The molecule has 0 aromatic heterocycles. The predicted octanol–water partition coefficient (Wildman–Crippen LogP) is 3.53. The molecule has 0 atom stereocenters. The number of non-ortho nitro benzene ring substituents is 1. The molecule has 27 heavy (non-hydrogen) atoms. The Labute approximate surface area is 179 Å². The highest BCUT2D eigenvalue weighted by atomic mass is 127. The van der Waals surface area contributed by atoms with Crippen molar-refractivity contribution in [2.45, 2.75) is 52.1 Å². The first kappa shape index (κ1) is 23.6. The van der Waals surface area contributed by atoms with Crippen LogP contribution in [0.4, 0.5) is 5.69 Å². The SMILES string of the molecule is CCCNC(=NCc1ccc([N+](=O)[O-])cc1)NC1CCN(CCC)CC1.I. The monoisotopic (exact) mass is 489 g/mol. The van der Waals surface area contributed by atoms with Gasteiger partial charge in [-0.1, -0.05) is 26.0 Å². The second kappa shape index (κ2) is 12.9. The van der Waals surface area contributed by atoms with E-state index in [9.17, 15) is 10.1 Å². The molecule has 2 N–H and O–H groups in total. The number of hydrogen-bond acceptors (Lipinski definition) is 4. The predicted molar refractivity (Wildman–Crippen MR) is 121 cm³/mol. The Balaban J connectivity index is 0.00000364. The number of nitrogens with zero attached hydrogens (tertiary/aromatic N) is 3. The Hall–Kier alpha value is -1.42. The third-order valence-corrected chi connectivity index (χ3v) is 4.58. The van der Waals surface area contributed by atoms with Gasteiger partial charge in [0.05, 0.1) is 11.5 Å². The summed E-state index contributed by atoms with van der Waals surface area (Å²) in [6.07, 6.45) is 4.50. The van der Waals surface area contributed by atoms with E-state index >= 15 is 0 Å². The molecule has 0 unspecified atom stereocenters. The fraction of sp³-hybridized carbons (Fsp3) is 0.632. The summed E-state index contributed by atoms with van der Waals surface area (Å²) in [6.45, 7) is 9.18. The fourth-order valence-electron chi connectivity index (χ4n) is 3.10.